The Kier molecular flexibility index (Phi) is 3.09. The molecule has 20 heavy (non-hydrogen) atoms. The second-order valence-corrected chi connectivity index (χ2v) is 4.27. The molecule has 2 aromatic carbocycles. The van der Waals surface area contributed by atoms with Gasteiger partial charge >= 0.3 is 5.97 Å². The number of hydrogen-bond donors (Lipinski definition) is 1. The van der Waals surface area contributed by atoms with Gasteiger partial charge in [0, 0.05) is 6.07 Å². The highest BCUT2D eigenvalue weighted by Gasteiger charge is 2.13. The van der Waals surface area contributed by atoms with Crippen LogP contribution in [0.1, 0.15) is 16.1 Å². The van der Waals surface area contributed by atoms with Crippen molar-refractivity contribution in [1.82, 2.24) is 5.16 Å². The first-order valence-corrected chi connectivity index (χ1v) is 6.02. The molecule has 0 bridgehead atoms. The van der Waals surface area contributed by atoms with Gasteiger partial charge in [-0.2, -0.15) is 0 Å². The molecule has 0 amide bonds. The zero-order valence-electron chi connectivity index (χ0n) is 10.4. The van der Waals surface area contributed by atoms with Crippen molar-refractivity contribution >= 4 is 16.7 Å². The number of carboxylic acid groups (broad SMARTS) is 1. The number of ether oxygens (including phenoxy) is 1. The first-order valence-electron chi connectivity index (χ1n) is 6.02. The van der Waals surface area contributed by atoms with Crippen LogP contribution in [0, 0.1) is 0 Å². The molecule has 0 aliphatic carbocycles. The smallest absolute Gasteiger partial charge is 0.339 e. The van der Waals surface area contributed by atoms with Gasteiger partial charge in [0.25, 0.3) is 0 Å². The number of hydrogen-bond acceptors (Lipinski definition) is 4. The number of aromatic nitrogens is 1. The molecule has 0 saturated carbocycles. The first-order chi connectivity index (χ1) is 9.74. The highest BCUT2D eigenvalue weighted by atomic mass is 16.5. The number of carbonyl (C=O) groups is 1. The van der Waals surface area contributed by atoms with E-state index >= 15 is 0 Å². The molecule has 5 heteroatoms. The summed E-state index contributed by atoms with van der Waals surface area (Å²) in [4.78, 5) is 11.3. The Hall–Kier alpha value is -2.82. The third kappa shape index (κ3) is 2.33. The van der Waals surface area contributed by atoms with Gasteiger partial charge < -0.3 is 14.4 Å². The Balaban J connectivity index is 1.98. The zero-order valence-corrected chi connectivity index (χ0v) is 10.4. The van der Waals surface area contributed by atoms with Crippen LogP contribution in [0.25, 0.3) is 10.8 Å². The molecule has 0 spiro atoms. The summed E-state index contributed by atoms with van der Waals surface area (Å²) in [5.74, 6) is -0.176. The zero-order chi connectivity index (χ0) is 13.9. The van der Waals surface area contributed by atoms with Crippen LogP contribution in [0.5, 0.6) is 5.75 Å². The number of benzene rings is 2. The fraction of sp³-hybridized carbons (Fsp3) is 0.0667. The summed E-state index contributed by atoms with van der Waals surface area (Å²) in [5.41, 5.74) is 0.128. The van der Waals surface area contributed by atoms with Gasteiger partial charge in [-0.3, -0.25) is 0 Å². The van der Waals surface area contributed by atoms with Crippen molar-refractivity contribution in [3.05, 3.63) is 60.0 Å². The fourth-order valence-electron chi connectivity index (χ4n) is 1.97. The Morgan fingerprint density at radius 1 is 1.20 bits per heavy atom. The first kappa shape index (κ1) is 12.2. The number of nitrogens with zero attached hydrogens (tertiary/aromatic N) is 1. The third-order valence-electron chi connectivity index (χ3n) is 2.94. The molecule has 3 aromatic rings. The van der Waals surface area contributed by atoms with E-state index in [0.717, 1.165) is 10.8 Å². The van der Waals surface area contributed by atoms with E-state index in [4.69, 9.17) is 9.26 Å². The van der Waals surface area contributed by atoms with Crippen LogP contribution in [0.3, 0.4) is 0 Å². The average molecular weight is 269 g/mol. The molecule has 3 rings (SSSR count). The Labute approximate surface area is 114 Å². The van der Waals surface area contributed by atoms with Crippen LogP contribution in [-0.4, -0.2) is 16.2 Å². The van der Waals surface area contributed by atoms with Crippen LogP contribution in [0.4, 0.5) is 0 Å². The molecule has 0 fully saturated rings. The maximum absolute atomic E-state index is 11.3. The van der Waals surface area contributed by atoms with Gasteiger partial charge in [-0.1, -0.05) is 29.4 Å². The van der Waals surface area contributed by atoms with Crippen molar-refractivity contribution in [3.63, 3.8) is 0 Å². The van der Waals surface area contributed by atoms with Crippen LogP contribution in [-0.2, 0) is 6.61 Å². The van der Waals surface area contributed by atoms with E-state index < -0.39 is 5.97 Å². The van der Waals surface area contributed by atoms with Crippen molar-refractivity contribution in [2.75, 3.05) is 0 Å². The molecule has 1 N–H and O–H groups in total. The van der Waals surface area contributed by atoms with Gasteiger partial charge in [-0.15, -0.1) is 0 Å². The minimum absolute atomic E-state index is 0.128. The number of rotatable bonds is 4. The van der Waals surface area contributed by atoms with Gasteiger partial charge in [-0.05, 0) is 22.9 Å². The second kappa shape index (κ2) is 5.05. The molecule has 0 aliphatic heterocycles. The summed E-state index contributed by atoms with van der Waals surface area (Å²) < 4.78 is 10.5. The summed E-state index contributed by atoms with van der Waals surface area (Å²) in [6.45, 7) is 0.138. The number of fused-ring (bicyclic) bond motifs is 1. The summed E-state index contributed by atoms with van der Waals surface area (Å²) >= 11 is 0. The van der Waals surface area contributed by atoms with Crippen LogP contribution in [0.2, 0.25) is 0 Å². The minimum Gasteiger partial charge on any atom is -0.485 e. The maximum Gasteiger partial charge on any atom is 0.339 e. The summed E-state index contributed by atoms with van der Waals surface area (Å²) in [7, 11) is 0. The van der Waals surface area contributed by atoms with Crippen molar-refractivity contribution in [2.45, 2.75) is 6.61 Å². The molecule has 5 nitrogen and oxygen atoms in total. The van der Waals surface area contributed by atoms with E-state index in [9.17, 15) is 9.90 Å². The summed E-state index contributed by atoms with van der Waals surface area (Å²) in [6.07, 6.45) is 1.51. The highest BCUT2D eigenvalue weighted by molar-refractivity contribution is 5.97. The molecule has 0 aliphatic rings. The second-order valence-electron chi connectivity index (χ2n) is 4.27. The molecule has 0 unspecified atom stereocenters. The van der Waals surface area contributed by atoms with Crippen LogP contribution < -0.4 is 4.74 Å². The average Bonchev–Trinajstić information content (AvgIpc) is 2.97. The lowest BCUT2D eigenvalue weighted by Gasteiger charge is -2.09. The topological polar surface area (TPSA) is 72.6 Å². The third-order valence-corrected chi connectivity index (χ3v) is 2.94. The van der Waals surface area contributed by atoms with E-state index in [1.54, 1.807) is 18.2 Å². The monoisotopic (exact) mass is 269 g/mol. The lowest BCUT2D eigenvalue weighted by Crippen LogP contribution is -2.03. The summed E-state index contributed by atoms with van der Waals surface area (Å²) in [6, 6.07) is 12.5. The van der Waals surface area contributed by atoms with Crippen molar-refractivity contribution in [1.29, 1.82) is 0 Å². The summed E-state index contributed by atoms with van der Waals surface area (Å²) in [5, 5.41) is 14.6. The van der Waals surface area contributed by atoms with E-state index in [0.29, 0.717) is 11.5 Å². The lowest BCUT2D eigenvalue weighted by molar-refractivity contribution is 0.0691. The maximum atomic E-state index is 11.3. The van der Waals surface area contributed by atoms with E-state index in [1.807, 2.05) is 24.3 Å². The SMILES string of the molecule is O=C(O)c1cc2ccccc2cc1OCc1ccno1. The Morgan fingerprint density at radius 3 is 2.60 bits per heavy atom. The van der Waals surface area contributed by atoms with Gasteiger partial charge in [-0.25, -0.2) is 4.79 Å². The van der Waals surface area contributed by atoms with Gasteiger partial charge in [0.05, 0.1) is 6.20 Å². The standard InChI is InChI=1S/C15H11NO4/c17-15(18)13-7-10-3-1-2-4-11(10)8-14(13)19-9-12-5-6-16-20-12/h1-8H,9H2,(H,17,18). The predicted octanol–water partition coefficient (Wildman–Crippen LogP) is 3.11. The molecular formula is C15H11NO4. The molecule has 0 radical (unpaired) electrons. The fourth-order valence-corrected chi connectivity index (χ4v) is 1.97. The van der Waals surface area contributed by atoms with Crippen molar-refractivity contribution in [3.8, 4) is 5.75 Å². The van der Waals surface area contributed by atoms with Gasteiger partial charge in [0.15, 0.2) is 5.76 Å². The molecule has 100 valence electrons. The minimum atomic E-state index is -1.02. The number of aromatic carboxylic acids is 1. The van der Waals surface area contributed by atoms with Gasteiger partial charge in [0.1, 0.15) is 17.9 Å². The molecular weight excluding hydrogens is 258 g/mol. The van der Waals surface area contributed by atoms with Gasteiger partial charge in [0.2, 0.25) is 0 Å². The van der Waals surface area contributed by atoms with E-state index in [-0.39, 0.29) is 12.2 Å². The van der Waals surface area contributed by atoms with Crippen molar-refractivity contribution < 1.29 is 19.2 Å². The van der Waals surface area contributed by atoms with Crippen LogP contribution in [0.15, 0.2) is 53.2 Å². The largest absolute Gasteiger partial charge is 0.485 e. The lowest BCUT2D eigenvalue weighted by atomic mass is 10.1. The Bertz CT molecular complexity index is 750. The molecule has 0 atom stereocenters. The van der Waals surface area contributed by atoms with E-state index in [1.165, 1.54) is 6.20 Å². The quantitative estimate of drug-likeness (QED) is 0.787. The normalized spacial score (nSPS) is 10.6. The predicted molar refractivity (Wildman–Crippen MR) is 71.7 cm³/mol. The van der Waals surface area contributed by atoms with Crippen LogP contribution >= 0.6 is 0 Å². The molecule has 0 saturated heterocycles. The highest BCUT2D eigenvalue weighted by Crippen LogP contribution is 2.26. The molecule has 1 aromatic heterocycles. The number of carboxylic acids is 1. The van der Waals surface area contributed by atoms with E-state index in [2.05, 4.69) is 5.16 Å². The Morgan fingerprint density at radius 2 is 1.95 bits per heavy atom. The molecule has 1 heterocycles. The van der Waals surface area contributed by atoms with Crippen molar-refractivity contribution in [2.24, 2.45) is 0 Å².